The molecule has 15 heavy (non-hydrogen) atoms. The van der Waals surface area contributed by atoms with E-state index < -0.39 is 0 Å². The van der Waals surface area contributed by atoms with Crippen LogP contribution >= 0.6 is 38.9 Å². The minimum absolute atomic E-state index is 0.252. The zero-order valence-electron chi connectivity index (χ0n) is 7.51. The third kappa shape index (κ3) is 2.38. The minimum atomic E-state index is -0.252. The number of aromatic nitrogens is 1. The molecule has 0 radical (unpaired) electrons. The second-order valence-corrected chi connectivity index (χ2v) is 5.03. The fraction of sp³-hybridized carbons (Fsp3) is 0.100. The van der Waals surface area contributed by atoms with Crippen LogP contribution in [0.15, 0.2) is 24.3 Å². The topological polar surface area (TPSA) is 12.9 Å². The lowest BCUT2D eigenvalue weighted by Crippen LogP contribution is -1.82. The largest absolute Gasteiger partial charge is 0.228 e. The van der Waals surface area contributed by atoms with Gasteiger partial charge in [0, 0.05) is 5.33 Å². The lowest BCUT2D eigenvalue weighted by Gasteiger charge is -1.99. The molecule has 0 aliphatic carbocycles. The Hall–Kier alpha value is -0.450. The first-order chi connectivity index (χ1) is 7.20. The van der Waals surface area contributed by atoms with Crippen LogP contribution in [0.25, 0.3) is 10.4 Å². The molecule has 0 spiro atoms. The highest BCUT2D eigenvalue weighted by molar-refractivity contribution is 9.08. The van der Waals surface area contributed by atoms with E-state index in [1.165, 1.54) is 23.5 Å². The Morgan fingerprint density at radius 1 is 1.47 bits per heavy atom. The summed E-state index contributed by atoms with van der Waals surface area (Å²) in [4.78, 5) is 5.06. The summed E-state index contributed by atoms with van der Waals surface area (Å²) in [5.74, 6) is -0.252. The Morgan fingerprint density at radius 2 is 2.27 bits per heavy atom. The first-order valence-electron chi connectivity index (χ1n) is 4.18. The second kappa shape index (κ2) is 4.60. The van der Waals surface area contributed by atoms with Gasteiger partial charge in [0.1, 0.15) is 5.82 Å². The van der Waals surface area contributed by atoms with Crippen molar-refractivity contribution in [3.63, 3.8) is 0 Å². The summed E-state index contributed by atoms with van der Waals surface area (Å²) in [6.07, 6.45) is 0. The van der Waals surface area contributed by atoms with Crippen LogP contribution in [0, 0.1) is 5.82 Å². The molecule has 0 aliphatic heterocycles. The number of thiazole rings is 1. The predicted octanol–water partition coefficient (Wildman–Crippen LogP) is 4.50. The first kappa shape index (κ1) is 11.0. The lowest BCUT2D eigenvalue weighted by molar-refractivity contribution is 0.628. The molecule has 0 amide bonds. The molecule has 0 aliphatic rings. The molecule has 2 aromatic rings. The third-order valence-electron chi connectivity index (χ3n) is 1.88. The molecule has 0 bridgehead atoms. The Bertz CT molecular complexity index is 486. The molecule has 0 unspecified atom stereocenters. The summed E-state index contributed by atoms with van der Waals surface area (Å²) in [7, 11) is 0. The summed E-state index contributed by atoms with van der Waals surface area (Å²) in [5, 5.41) is 0.613. The van der Waals surface area contributed by atoms with E-state index in [2.05, 4.69) is 20.9 Å². The lowest BCUT2D eigenvalue weighted by atomic mass is 10.1. The van der Waals surface area contributed by atoms with Crippen LogP contribution in [-0.2, 0) is 5.33 Å². The van der Waals surface area contributed by atoms with Crippen LogP contribution in [0.5, 0.6) is 0 Å². The number of hydrogen-bond acceptors (Lipinski definition) is 2. The molecule has 5 heteroatoms. The molecular formula is C10H6BrClFNS. The molecule has 0 N–H and O–H groups in total. The minimum Gasteiger partial charge on any atom is -0.228 e. The number of alkyl halides is 1. The Labute approximate surface area is 104 Å². The summed E-state index contributed by atoms with van der Waals surface area (Å²) in [6.45, 7) is 0. The van der Waals surface area contributed by atoms with Gasteiger partial charge in [0.05, 0.1) is 10.6 Å². The van der Waals surface area contributed by atoms with Crippen LogP contribution in [0.4, 0.5) is 4.39 Å². The summed E-state index contributed by atoms with van der Waals surface area (Å²) in [6, 6.07) is 6.42. The van der Waals surface area contributed by atoms with Crippen molar-refractivity contribution in [2.45, 2.75) is 5.33 Å². The number of halogens is 3. The zero-order chi connectivity index (χ0) is 10.8. The standard InChI is InChI=1S/C10H6BrClFNS/c11-5-8-9(15-10(12)14-8)6-2-1-3-7(13)4-6/h1-4H,5H2. The van der Waals surface area contributed by atoms with Crippen molar-refractivity contribution >= 4 is 38.9 Å². The summed E-state index contributed by atoms with van der Waals surface area (Å²) < 4.78 is 13.5. The zero-order valence-corrected chi connectivity index (χ0v) is 10.7. The van der Waals surface area contributed by atoms with Gasteiger partial charge in [-0.15, -0.1) is 11.3 Å². The Morgan fingerprint density at radius 3 is 2.93 bits per heavy atom. The van der Waals surface area contributed by atoms with Gasteiger partial charge in [-0.05, 0) is 17.7 Å². The van der Waals surface area contributed by atoms with E-state index in [0.29, 0.717) is 9.80 Å². The Balaban J connectivity index is 2.53. The van der Waals surface area contributed by atoms with E-state index in [9.17, 15) is 4.39 Å². The number of rotatable bonds is 2. The van der Waals surface area contributed by atoms with E-state index in [1.54, 1.807) is 6.07 Å². The number of nitrogens with zero attached hydrogens (tertiary/aromatic N) is 1. The van der Waals surface area contributed by atoms with Gasteiger partial charge in [-0.1, -0.05) is 39.7 Å². The van der Waals surface area contributed by atoms with Gasteiger partial charge in [0.15, 0.2) is 4.47 Å². The van der Waals surface area contributed by atoms with Crippen molar-refractivity contribution in [1.29, 1.82) is 0 Å². The quantitative estimate of drug-likeness (QED) is 0.745. The summed E-state index contributed by atoms with van der Waals surface area (Å²) in [5.41, 5.74) is 1.66. The van der Waals surface area contributed by atoms with Crippen LogP contribution in [0.1, 0.15) is 5.69 Å². The fourth-order valence-electron chi connectivity index (χ4n) is 1.27. The van der Waals surface area contributed by atoms with Gasteiger partial charge in [0.25, 0.3) is 0 Å². The molecule has 0 fully saturated rings. The van der Waals surface area contributed by atoms with E-state index in [-0.39, 0.29) is 5.82 Å². The maximum absolute atomic E-state index is 13.0. The molecule has 1 aromatic heterocycles. The average Bonchev–Trinajstić information content (AvgIpc) is 2.59. The van der Waals surface area contributed by atoms with Crippen molar-refractivity contribution in [3.05, 3.63) is 40.2 Å². The highest BCUT2D eigenvalue weighted by Gasteiger charge is 2.11. The van der Waals surface area contributed by atoms with Crippen molar-refractivity contribution in [2.75, 3.05) is 0 Å². The monoisotopic (exact) mass is 305 g/mol. The highest BCUT2D eigenvalue weighted by atomic mass is 79.9. The number of benzene rings is 1. The molecule has 78 valence electrons. The predicted molar refractivity (Wildman–Crippen MR) is 65.1 cm³/mol. The molecule has 1 aromatic carbocycles. The van der Waals surface area contributed by atoms with Crippen LogP contribution < -0.4 is 0 Å². The van der Waals surface area contributed by atoms with Gasteiger partial charge in [-0.3, -0.25) is 0 Å². The van der Waals surface area contributed by atoms with Crippen LogP contribution in [-0.4, -0.2) is 4.98 Å². The van der Waals surface area contributed by atoms with E-state index in [1.807, 2.05) is 6.07 Å². The molecule has 0 atom stereocenters. The molecule has 0 saturated heterocycles. The van der Waals surface area contributed by atoms with Gasteiger partial charge in [0.2, 0.25) is 0 Å². The Kier molecular flexibility index (Phi) is 3.38. The van der Waals surface area contributed by atoms with Gasteiger partial charge >= 0.3 is 0 Å². The van der Waals surface area contributed by atoms with Crippen molar-refractivity contribution in [3.8, 4) is 10.4 Å². The third-order valence-corrected chi connectivity index (χ3v) is 3.67. The van der Waals surface area contributed by atoms with Gasteiger partial charge in [-0.25, -0.2) is 9.37 Å². The molecule has 2 rings (SSSR count). The van der Waals surface area contributed by atoms with Crippen molar-refractivity contribution in [2.24, 2.45) is 0 Å². The van der Waals surface area contributed by atoms with E-state index in [4.69, 9.17) is 11.6 Å². The fourth-order valence-corrected chi connectivity index (χ4v) is 3.00. The number of hydrogen-bond donors (Lipinski definition) is 0. The SMILES string of the molecule is Fc1cccc(-c2sc(Cl)nc2CBr)c1. The first-order valence-corrected chi connectivity index (χ1v) is 6.49. The van der Waals surface area contributed by atoms with Gasteiger partial charge in [-0.2, -0.15) is 0 Å². The van der Waals surface area contributed by atoms with Crippen LogP contribution in [0.2, 0.25) is 4.47 Å². The van der Waals surface area contributed by atoms with Gasteiger partial charge < -0.3 is 0 Å². The maximum atomic E-state index is 13.0. The smallest absolute Gasteiger partial charge is 0.184 e. The van der Waals surface area contributed by atoms with E-state index >= 15 is 0 Å². The average molecular weight is 307 g/mol. The van der Waals surface area contributed by atoms with Crippen molar-refractivity contribution in [1.82, 2.24) is 4.98 Å². The normalized spacial score (nSPS) is 10.6. The molecular weight excluding hydrogens is 301 g/mol. The second-order valence-electron chi connectivity index (χ2n) is 2.89. The molecule has 0 saturated carbocycles. The highest BCUT2D eigenvalue weighted by Crippen LogP contribution is 2.34. The van der Waals surface area contributed by atoms with Crippen molar-refractivity contribution < 1.29 is 4.39 Å². The molecule has 1 nitrogen and oxygen atoms in total. The van der Waals surface area contributed by atoms with Crippen LogP contribution in [0.3, 0.4) is 0 Å². The van der Waals surface area contributed by atoms with E-state index in [0.717, 1.165) is 16.1 Å². The maximum Gasteiger partial charge on any atom is 0.184 e. The summed E-state index contributed by atoms with van der Waals surface area (Å²) >= 11 is 10.5. The molecule has 1 heterocycles.